The van der Waals surface area contributed by atoms with Gasteiger partial charge in [-0.15, -0.1) is 0 Å². The molecule has 0 radical (unpaired) electrons. The van der Waals surface area contributed by atoms with Crippen LogP contribution in [0.2, 0.25) is 10.0 Å². The number of hydrogen-bond acceptors (Lipinski definition) is 2. The molecule has 0 spiro atoms. The molecule has 0 aliphatic carbocycles. The number of ether oxygens (including phenoxy) is 1. The maximum Gasteiger partial charge on any atom is 0.0838 e. The highest BCUT2D eigenvalue weighted by molar-refractivity contribution is 6.42. The smallest absolute Gasteiger partial charge is 0.0838 e. The van der Waals surface area contributed by atoms with Gasteiger partial charge in [0.25, 0.3) is 0 Å². The second-order valence-electron chi connectivity index (χ2n) is 3.55. The molecule has 0 saturated heterocycles. The largest absolute Gasteiger partial charge is 0.388 e. The molecule has 1 aromatic carbocycles. The molecule has 1 aromatic rings. The Labute approximate surface area is 99.8 Å². The van der Waals surface area contributed by atoms with Crippen molar-refractivity contribution < 1.29 is 9.84 Å². The summed E-state index contributed by atoms with van der Waals surface area (Å²) in [6, 6.07) is 5.13. The zero-order chi connectivity index (χ0) is 11.4. The highest BCUT2D eigenvalue weighted by atomic mass is 35.5. The van der Waals surface area contributed by atoms with Gasteiger partial charge in [-0.25, -0.2) is 0 Å². The molecule has 0 aliphatic rings. The molecule has 1 N–H and O–H groups in total. The first-order valence-electron chi connectivity index (χ1n) is 4.68. The van der Waals surface area contributed by atoms with Crippen LogP contribution in [-0.4, -0.2) is 18.8 Å². The van der Waals surface area contributed by atoms with E-state index in [-0.39, 0.29) is 5.92 Å². The summed E-state index contributed by atoms with van der Waals surface area (Å²) in [7, 11) is 1.61. The van der Waals surface area contributed by atoms with Crippen molar-refractivity contribution in [2.75, 3.05) is 13.7 Å². The van der Waals surface area contributed by atoms with Gasteiger partial charge in [0.2, 0.25) is 0 Å². The third-order valence-electron chi connectivity index (χ3n) is 2.25. The third kappa shape index (κ3) is 3.35. The molecule has 0 heterocycles. The van der Waals surface area contributed by atoms with E-state index in [9.17, 15) is 5.11 Å². The molecule has 0 saturated carbocycles. The lowest BCUT2D eigenvalue weighted by atomic mass is 9.98. The molecule has 4 heteroatoms. The summed E-state index contributed by atoms with van der Waals surface area (Å²) < 4.78 is 4.98. The van der Waals surface area contributed by atoms with Gasteiger partial charge in [-0.2, -0.15) is 0 Å². The lowest BCUT2D eigenvalue weighted by Gasteiger charge is -2.18. The number of halogens is 2. The number of rotatable bonds is 4. The van der Waals surface area contributed by atoms with Crippen LogP contribution in [0.1, 0.15) is 18.6 Å². The molecular weight excluding hydrogens is 235 g/mol. The topological polar surface area (TPSA) is 29.5 Å². The van der Waals surface area contributed by atoms with E-state index in [1.165, 1.54) is 0 Å². The lowest BCUT2D eigenvalue weighted by molar-refractivity contribution is 0.0567. The van der Waals surface area contributed by atoms with Crippen molar-refractivity contribution in [3.63, 3.8) is 0 Å². The maximum atomic E-state index is 9.95. The van der Waals surface area contributed by atoms with Gasteiger partial charge in [-0.1, -0.05) is 36.2 Å². The van der Waals surface area contributed by atoms with Gasteiger partial charge in [0.1, 0.15) is 0 Å². The fourth-order valence-corrected chi connectivity index (χ4v) is 1.69. The van der Waals surface area contributed by atoms with Crippen molar-refractivity contribution in [1.29, 1.82) is 0 Å². The average Bonchev–Trinajstić information content (AvgIpc) is 2.21. The molecule has 15 heavy (non-hydrogen) atoms. The fourth-order valence-electron chi connectivity index (χ4n) is 1.38. The molecule has 2 atom stereocenters. The zero-order valence-corrected chi connectivity index (χ0v) is 10.2. The van der Waals surface area contributed by atoms with Crippen molar-refractivity contribution in [2.24, 2.45) is 5.92 Å². The molecule has 0 fully saturated rings. The van der Waals surface area contributed by atoms with E-state index in [0.29, 0.717) is 16.7 Å². The van der Waals surface area contributed by atoms with Crippen LogP contribution in [0.5, 0.6) is 0 Å². The molecule has 84 valence electrons. The third-order valence-corrected chi connectivity index (χ3v) is 2.99. The highest BCUT2D eigenvalue weighted by Gasteiger charge is 2.16. The SMILES string of the molecule is COCC(C)C(O)c1ccc(Cl)c(Cl)c1. The van der Waals surface area contributed by atoms with E-state index in [2.05, 4.69) is 0 Å². The predicted molar refractivity (Wildman–Crippen MR) is 62.5 cm³/mol. The Bertz CT molecular complexity index is 328. The van der Waals surface area contributed by atoms with Crippen molar-refractivity contribution in [3.8, 4) is 0 Å². The summed E-state index contributed by atoms with van der Waals surface area (Å²) in [4.78, 5) is 0. The molecule has 2 nitrogen and oxygen atoms in total. The Morgan fingerprint density at radius 2 is 2.00 bits per heavy atom. The van der Waals surface area contributed by atoms with Gasteiger partial charge >= 0.3 is 0 Å². The first-order chi connectivity index (χ1) is 7.06. The van der Waals surface area contributed by atoms with Gasteiger partial charge < -0.3 is 9.84 Å². The van der Waals surface area contributed by atoms with E-state index in [1.54, 1.807) is 25.3 Å². The second-order valence-corrected chi connectivity index (χ2v) is 4.37. The standard InChI is InChI=1S/C11H14Cl2O2/c1-7(6-15-2)11(14)8-3-4-9(12)10(13)5-8/h3-5,7,11,14H,6H2,1-2H3. The highest BCUT2D eigenvalue weighted by Crippen LogP contribution is 2.28. The van der Waals surface area contributed by atoms with E-state index < -0.39 is 6.10 Å². The summed E-state index contributed by atoms with van der Waals surface area (Å²) in [6.45, 7) is 2.41. The fraction of sp³-hybridized carbons (Fsp3) is 0.455. The summed E-state index contributed by atoms with van der Waals surface area (Å²) in [6.07, 6.45) is -0.584. The number of aliphatic hydroxyl groups excluding tert-OH is 1. The van der Waals surface area contributed by atoms with Crippen LogP contribution in [0.25, 0.3) is 0 Å². The molecule has 1 rings (SSSR count). The van der Waals surface area contributed by atoms with Gasteiger partial charge in [0.05, 0.1) is 22.8 Å². The number of benzene rings is 1. The maximum absolute atomic E-state index is 9.95. The molecule has 0 aromatic heterocycles. The Hall–Kier alpha value is -0.280. The molecule has 0 aliphatic heterocycles. The molecule has 2 unspecified atom stereocenters. The lowest BCUT2D eigenvalue weighted by Crippen LogP contribution is -2.14. The zero-order valence-electron chi connectivity index (χ0n) is 8.71. The van der Waals surface area contributed by atoms with Crippen LogP contribution in [0.4, 0.5) is 0 Å². The van der Waals surface area contributed by atoms with Crippen molar-refractivity contribution in [3.05, 3.63) is 33.8 Å². The summed E-state index contributed by atoms with van der Waals surface area (Å²) in [5.41, 5.74) is 0.758. The average molecular weight is 249 g/mol. The Balaban J connectivity index is 2.81. The monoisotopic (exact) mass is 248 g/mol. The Kier molecular flexibility index (Phi) is 4.87. The van der Waals surface area contributed by atoms with E-state index in [1.807, 2.05) is 6.92 Å². The first kappa shape index (κ1) is 12.8. The second kappa shape index (κ2) is 5.71. The Morgan fingerprint density at radius 1 is 1.33 bits per heavy atom. The van der Waals surface area contributed by atoms with Gasteiger partial charge in [-0.05, 0) is 17.7 Å². The van der Waals surface area contributed by atoms with E-state index in [0.717, 1.165) is 5.56 Å². The van der Waals surface area contributed by atoms with Crippen LogP contribution in [0.15, 0.2) is 18.2 Å². The quantitative estimate of drug-likeness (QED) is 0.886. The predicted octanol–water partition coefficient (Wildman–Crippen LogP) is 3.31. The van der Waals surface area contributed by atoms with E-state index in [4.69, 9.17) is 27.9 Å². The van der Waals surface area contributed by atoms with Crippen molar-refractivity contribution in [1.82, 2.24) is 0 Å². The van der Waals surface area contributed by atoms with Crippen LogP contribution in [0.3, 0.4) is 0 Å². The van der Waals surface area contributed by atoms with E-state index >= 15 is 0 Å². The molecule has 0 bridgehead atoms. The first-order valence-corrected chi connectivity index (χ1v) is 5.43. The summed E-state index contributed by atoms with van der Waals surface area (Å²) in [5.74, 6) is 0.0206. The minimum Gasteiger partial charge on any atom is -0.388 e. The number of hydrogen-bond donors (Lipinski definition) is 1. The number of aliphatic hydroxyl groups is 1. The van der Waals surface area contributed by atoms with Crippen LogP contribution >= 0.6 is 23.2 Å². The minimum atomic E-state index is -0.584. The Morgan fingerprint density at radius 3 is 2.53 bits per heavy atom. The summed E-state index contributed by atoms with van der Waals surface area (Å²) >= 11 is 11.7. The van der Waals surface area contributed by atoms with Gasteiger partial charge in [-0.3, -0.25) is 0 Å². The normalized spacial score (nSPS) is 15.0. The van der Waals surface area contributed by atoms with Crippen molar-refractivity contribution in [2.45, 2.75) is 13.0 Å². The minimum absolute atomic E-state index is 0.0206. The van der Waals surface area contributed by atoms with Crippen LogP contribution in [0, 0.1) is 5.92 Å². The van der Waals surface area contributed by atoms with Crippen LogP contribution in [-0.2, 0) is 4.74 Å². The van der Waals surface area contributed by atoms with Gasteiger partial charge in [0, 0.05) is 13.0 Å². The molecule has 0 amide bonds. The summed E-state index contributed by atoms with van der Waals surface area (Å²) in [5, 5.41) is 10.9. The van der Waals surface area contributed by atoms with Crippen LogP contribution < -0.4 is 0 Å². The van der Waals surface area contributed by atoms with Crippen molar-refractivity contribution >= 4 is 23.2 Å². The molecular formula is C11H14Cl2O2. The van der Waals surface area contributed by atoms with Gasteiger partial charge in [0.15, 0.2) is 0 Å². The number of methoxy groups -OCH3 is 1.